The molecule has 1 unspecified atom stereocenters. The number of ether oxygens (including phenoxy) is 1. The number of aliphatic hydroxyl groups excluding tert-OH is 1. The lowest BCUT2D eigenvalue weighted by atomic mass is 10.2. The van der Waals surface area contributed by atoms with Gasteiger partial charge in [-0.2, -0.15) is 4.98 Å². The van der Waals surface area contributed by atoms with Crippen molar-refractivity contribution in [3.63, 3.8) is 0 Å². The van der Waals surface area contributed by atoms with E-state index in [0.717, 1.165) is 11.3 Å². The zero-order valence-corrected chi connectivity index (χ0v) is 10.0. The first-order valence-corrected chi connectivity index (χ1v) is 5.59. The van der Waals surface area contributed by atoms with Crippen LogP contribution in [-0.2, 0) is 0 Å². The molecule has 0 aliphatic rings. The third kappa shape index (κ3) is 2.66. The molecule has 0 saturated heterocycles. The maximum absolute atomic E-state index is 8.80. The smallest absolute Gasteiger partial charge is 0.243 e. The molecule has 2 aromatic rings. The number of rotatable bonds is 5. The summed E-state index contributed by atoms with van der Waals surface area (Å²) in [6.07, 6.45) is 0.393. The summed E-state index contributed by atoms with van der Waals surface area (Å²) in [5.41, 5.74) is 6.59. The van der Waals surface area contributed by atoms with E-state index in [1.165, 1.54) is 0 Å². The van der Waals surface area contributed by atoms with Crippen LogP contribution in [0.4, 0.5) is 0 Å². The fourth-order valence-corrected chi connectivity index (χ4v) is 1.51. The molecular formula is C12H15N3O3. The Morgan fingerprint density at radius 1 is 1.39 bits per heavy atom. The maximum Gasteiger partial charge on any atom is 0.243 e. The Labute approximate surface area is 104 Å². The molecule has 0 radical (unpaired) electrons. The molecule has 0 saturated carbocycles. The predicted octanol–water partition coefficient (Wildman–Crippen LogP) is 1.13. The Morgan fingerprint density at radius 3 is 2.72 bits per heavy atom. The number of methoxy groups -OCH3 is 1. The van der Waals surface area contributed by atoms with Crippen LogP contribution in [-0.4, -0.2) is 29.0 Å². The van der Waals surface area contributed by atoms with Crippen LogP contribution in [0.2, 0.25) is 0 Å². The predicted molar refractivity (Wildman–Crippen MR) is 64.9 cm³/mol. The summed E-state index contributed by atoms with van der Waals surface area (Å²) < 4.78 is 10.1. The Kier molecular flexibility index (Phi) is 3.91. The topological polar surface area (TPSA) is 94.4 Å². The van der Waals surface area contributed by atoms with Gasteiger partial charge in [-0.05, 0) is 30.7 Å². The molecule has 1 aromatic heterocycles. The molecule has 0 bridgehead atoms. The van der Waals surface area contributed by atoms with Gasteiger partial charge in [0.25, 0.3) is 0 Å². The van der Waals surface area contributed by atoms with Crippen LogP contribution >= 0.6 is 0 Å². The zero-order valence-electron chi connectivity index (χ0n) is 10.0. The SMILES string of the molecule is COc1ccc(-c2noc(C(N)CCO)n2)cc1. The van der Waals surface area contributed by atoms with E-state index in [-0.39, 0.29) is 6.61 Å². The van der Waals surface area contributed by atoms with Crippen molar-refractivity contribution in [1.82, 2.24) is 10.1 Å². The average molecular weight is 249 g/mol. The molecule has 2 rings (SSSR count). The summed E-state index contributed by atoms with van der Waals surface area (Å²) in [7, 11) is 1.61. The monoisotopic (exact) mass is 249 g/mol. The number of aromatic nitrogens is 2. The van der Waals surface area contributed by atoms with Crippen molar-refractivity contribution in [2.24, 2.45) is 5.73 Å². The van der Waals surface area contributed by atoms with E-state index in [1.807, 2.05) is 24.3 Å². The third-order valence-corrected chi connectivity index (χ3v) is 2.55. The molecular weight excluding hydrogens is 234 g/mol. The second-order valence-corrected chi connectivity index (χ2v) is 3.80. The number of hydrogen-bond donors (Lipinski definition) is 2. The van der Waals surface area contributed by atoms with Crippen LogP contribution in [0.25, 0.3) is 11.4 Å². The second kappa shape index (κ2) is 5.61. The number of nitrogens with zero attached hydrogens (tertiary/aromatic N) is 2. The molecule has 1 heterocycles. The maximum atomic E-state index is 8.80. The lowest BCUT2D eigenvalue weighted by Gasteiger charge is -2.02. The first kappa shape index (κ1) is 12.5. The van der Waals surface area contributed by atoms with E-state index in [0.29, 0.717) is 18.1 Å². The Hall–Kier alpha value is -1.92. The van der Waals surface area contributed by atoms with Crippen LogP contribution in [0.5, 0.6) is 5.75 Å². The first-order chi connectivity index (χ1) is 8.74. The van der Waals surface area contributed by atoms with Crippen LogP contribution in [0, 0.1) is 0 Å². The van der Waals surface area contributed by atoms with Crippen molar-refractivity contribution in [3.05, 3.63) is 30.2 Å². The summed E-state index contributed by atoms with van der Waals surface area (Å²) >= 11 is 0. The minimum absolute atomic E-state index is 0.0125. The molecule has 18 heavy (non-hydrogen) atoms. The van der Waals surface area contributed by atoms with Gasteiger partial charge in [-0.1, -0.05) is 5.16 Å². The molecule has 1 atom stereocenters. The molecule has 3 N–H and O–H groups in total. The van der Waals surface area contributed by atoms with Crippen molar-refractivity contribution >= 4 is 0 Å². The number of benzene rings is 1. The highest BCUT2D eigenvalue weighted by atomic mass is 16.5. The molecule has 0 aliphatic carbocycles. The van der Waals surface area contributed by atoms with Gasteiger partial charge in [0.2, 0.25) is 11.7 Å². The van der Waals surface area contributed by atoms with Gasteiger partial charge in [-0.3, -0.25) is 0 Å². The van der Waals surface area contributed by atoms with Gasteiger partial charge in [-0.15, -0.1) is 0 Å². The number of aliphatic hydroxyl groups is 1. The Morgan fingerprint density at radius 2 is 2.11 bits per heavy atom. The van der Waals surface area contributed by atoms with E-state index in [9.17, 15) is 0 Å². The van der Waals surface area contributed by atoms with Crippen molar-refractivity contribution in [3.8, 4) is 17.1 Å². The van der Waals surface area contributed by atoms with E-state index < -0.39 is 6.04 Å². The summed E-state index contributed by atoms with van der Waals surface area (Å²) in [4.78, 5) is 4.20. The fourth-order valence-electron chi connectivity index (χ4n) is 1.51. The number of hydrogen-bond acceptors (Lipinski definition) is 6. The average Bonchev–Trinajstić information content (AvgIpc) is 2.89. The molecule has 0 amide bonds. The van der Waals surface area contributed by atoms with Crippen LogP contribution < -0.4 is 10.5 Å². The molecule has 0 fully saturated rings. The van der Waals surface area contributed by atoms with Crippen molar-refractivity contribution in [1.29, 1.82) is 0 Å². The Balaban J connectivity index is 2.18. The van der Waals surface area contributed by atoms with Crippen LogP contribution in [0.15, 0.2) is 28.8 Å². The van der Waals surface area contributed by atoms with Gasteiger partial charge in [-0.25, -0.2) is 0 Å². The normalized spacial score (nSPS) is 12.4. The molecule has 0 spiro atoms. The quantitative estimate of drug-likeness (QED) is 0.824. The van der Waals surface area contributed by atoms with Gasteiger partial charge in [0.05, 0.1) is 13.2 Å². The van der Waals surface area contributed by atoms with Crippen molar-refractivity contribution < 1.29 is 14.4 Å². The van der Waals surface area contributed by atoms with Crippen molar-refractivity contribution in [2.45, 2.75) is 12.5 Å². The van der Waals surface area contributed by atoms with Gasteiger partial charge in [0.15, 0.2) is 0 Å². The van der Waals surface area contributed by atoms with Gasteiger partial charge < -0.3 is 20.1 Å². The molecule has 96 valence electrons. The second-order valence-electron chi connectivity index (χ2n) is 3.80. The third-order valence-electron chi connectivity index (χ3n) is 2.55. The van der Waals surface area contributed by atoms with E-state index in [2.05, 4.69) is 10.1 Å². The summed E-state index contributed by atoms with van der Waals surface area (Å²) in [5.74, 6) is 1.57. The minimum atomic E-state index is -0.436. The van der Waals surface area contributed by atoms with E-state index in [1.54, 1.807) is 7.11 Å². The standard InChI is InChI=1S/C12H15N3O3/c1-17-9-4-2-8(3-5-9)11-14-12(18-15-11)10(13)6-7-16/h2-5,10,16H,6-7,13H2,1H3. The molecule has 6 heteroatoms. The fraction of sp³-hybridized carbons (Fsp3) is 0.333. The molecule has 0 aliphatic heterocycles. The van der Waals surface area contributed by atoms with E-state index >= 15 is 0 Å². The van der Waals surface area contributed by atoms with Crippen molar-refractivity contribution in [2.75, 3.05) is 13.7 Å². The summed E-state index contributed by atoms with van der Waals surface area (Å²) in [5, 5.41) is 12.7. The lowest BCUT2D eigenvalue weighted by molar-refractivity contribution is 0.259. The van der Waals surface area contributed by atoms with E-state index in [4.69, 9.17) is 20.1 Å². The highest BCUT2D eigenvalue weighted by Crippen LogP contribution is 2.21. The lowest BCUT2D eigenvalue weighted by Crippen LogP contribution is -2.12. The van der Waals surface area contributed by atoms with Crippen LogP contribution in [0.1, 0.15) is 18.4 Å². The highest BCUT2D eigenvalue weighted by Gasteiger charge is 2.15. The minimum Gasteiger partial charge on any atom is -0.497 e. The molecule has 6 nitrogen and oxygen atoms in total. The van der Waals surface area contributed by atoms with Gasteiger partial charge in [0.1, 0.15) is 5.75 Å². The van der Waals surface area contributed by atoms with Gasteiger partial charge in [0, 0.05) is 12.2 Å². The largest absolute Gasteiger partial charge is 0.497 e. The highest BCUT2D eigenvalue weighted by molar-refractivity contribution is 5.55. The zero-order chi connectivity index (χ0) is 13.0. The summed E-state index contributed by atoms with van der Waals surface area (Å²) in [6, 6.07) is 6.88. The first-order valence-electron chi connectivity index (χ1n) is 5.59. The number of nitrogens with two attached hydrogens (primary N) is 1. The van der Waals surface area contributed by atoms with Gasteiger partial charge >= 0.3 is 0 Å². The Bertz CT molecular complexity index is 496. The van der Waals surface area contributed by atoms with Crippen LogP contribution in [0.3, 0.4) is 0 Å². The molecule has 1 aromatic carbocycles. The summed E-state index contributed by atoms with van der Waals surface area (Å²) in [6.45, 7) is -0.0125.